The summed E-state index contributed by atoms with van der Waals surface area (Å²) in [7, 11) is 0. The number of aromatic nitrogens is 1. The molecule has 0 spiro atoms. The van der Waals surface area contributed by atoms with Crippen molar-refractivity contribution < 1.29 is 9.52 Å². The number of nitrogens with zero attached hydrogens (tertiary/aromatic N) is 1. The van der Waals surface area contributed by atoms with Gasteiger partial charge >= 0.3 is 0 Å². The van der Waals surface area contributed by atoms with E-state index in [1.54, 1.807) is 13.1 Å². The highest BCUT2D eigenvalue weighted by atomic mass is 16.4. The number of rotatable bonds is 2. The van der Waals surface area contributed by atoms with Gasteiger partial charge < -0.3 is 9.52 Å². The molecule has 0 aliphatic heterocycles. The Kier molecular flexibility index (Phi) is 2.56. The lowest BCUT2D eigenvalue weighted by Crippen LogP contribution is -1.85. The van der Waals surface area contributed by atoms with E-state index in [2.05, 4.69) is 4.98 Å². The molecule has 0 aliphatic rings. The summed E-state index contributed by atoms with van der Waals surface area (Å²) in [6.45, 7) is 3.66. The average Bonchev–Trinajstić information content (AvgIpc) is 2.67. The molecular formula is C12H13NO2. The predicted molar refractivity (Wildman–Crippen MR) is 57.3 cm³/mol. The van der Waals surface area contributed by atoms with Gasteiger partial charge in [0, 0.05) is 5.56 Å². The van der Waals surface area contributed by atoms with Crippen molar-refractivity contribution in [3.8, 4) is 11.5 Å². The van der Waals surface area contributed by atoms with Gasteiger partial charge in [-0.05, 0) is 25.5 Å². The van der Waals surface area contributed by atoms with Crippen LogP contribution in [0.2, 0.25) is 0 Å². The first-order valence-corrected chi connectivity index (χ1v) is 4.88. The number of hydrogen-bond acceptors (Lipinski definition) is 3. The van der Waals surface area contributed by atoms with E-state index in [1.807, 2.05) is 31.2 Å². The molecule has 2 aromatic rings. The third-order valence-corrected chi connectivity index (χ3v) is 2.31. The first-order valence-electron chi connectivity index (χ1n) is 4.88. The van der Waals surface area contributed by atoms with Gasteiger partial charge in [-0.25, -0.2) is 4.98 Å². The summed E-state index contributed by atoms with van der Waals surface area (Å²) in [5.41, 5.74) is 2.07. The number of oxazole rings is 1. The van der Waals surface area contributed by atoms with Crippen LogP contribution < -0.4 is 0 Å². The summed E-state index contributed by atoms with van der Waals surface area (Å²) in [6.07, 6.45) is 0.946. The zero-order valence-corrected chi connectivity index (χ0v) is 8.77. The zero-order chi connectivity index (χ0) is 10.8. The van der Waals surface area contributed by atoms with Gasteiger partial charge in [0.1, 0.15) is 6.10 Å². The SMILES string of the molecule is Cc1ccccc1-c1ncc(C(C)O)o1. The summed E-state index contributed by atoms with van der Waals surface area (Å²) in [5, 5.41) is 9.32. The normalized spacial score (nSPS) is 12.7. The molecule has 78 valence electrons. The molecule has 0 radical (unpaired) electrons. The third kappa shape index (κ3) is 1.92. The summed E-state index contributed by atoms with van der Waals surface area (Å²) in [5.74, 6) is 1.05. The molecule has 0 saturated heterocycles. The van der Waals surface area contributed by atoms with Crippen molar-refractivity contribution in [2.45, 2.75) is 20.0 Å². The Balaban J connectivity index is 2.42. The molecule has 1 N–H and O–H groups in total. The van der Waals surface area contributed by atoms with E-state index < -0.39 is 6.10 Å². The number of aliphatic hydroxyl groups excluding tert-OH is 1. The predicted octanol–water partition coefficient (Wildman–Crippen LogP) is 2.70. The van der Waals surface area contributed by atoms with Gasteiger partial charge in [0.2, 0.25) is 5.89 Å². The van der Waals surface area contributed by atoms with Crippen molar-refractivity contribution in [1.29, 1.82) is 0 Å². The summed E-state index contributed by atoms with van der Waals surface area (Å²) in [6, 6.07) is 7.86. The minimum atomic E-state index is -0.615. The van der Waals surface area contributed by atoms with Crippen molar-refractivity contribution in [2.75, 3.05) is 0 Å². The van der Waals surface area contributed by atoms with Crippen molar-refractivity contribution in [1.82, 2.24) is 4.98 Å². The smallest absolute Gasteiger partial charge is 0.226 e. The summed E-state index contributed by atoms with van der Waals surface area (Å²) >= 11 is 0. The fraction of sp³-hybridized carbons (Fsp3) is 0.250. The number of benzene rings is 1. The van der Waals surface area contributed by atoms with Gasteiger partial charge in [-0.3, -0.25) is 0 Å². The van der Waals surface area contributed by atoms with Crippen LogP contribution in [0.15, 0.2) is 34.9 Å². The molecule has 1 heterocycles. The lowest BCUT2D eigenvalue weighted by atomic mass is 10.1. The van der Waals surface area contributed by atoms with E-state index in [4.69, 9.17) is 4.42 Å². The minimum absolute atomic E-state index is 0.494. The number of hydrogen-bond donors (Lipinski definition) is 1. The quantitative estimate of drug-likeness (QED) is 0.816. The molecule has 15 heavy (non-hydrogen) atoms. The average molecular weight is 203 g/mol. The molecule has 2 rings (SSSR count). The Hall–Kier alpha value is -1.61. The van der Waals surface area contributed by atoms with Gasteiger partial charge in [0.15, 0.2) is 5.76 Å². The monoisotopic (exact) mass is 203 g/mol. The van der Waals surface area contributed by atoms with E-state index >= 15 is 0 Å². The Morgan fingerprint density at radius 3 is 2.67 bits per heavy atom. The van der Waals surface area contributed by atoms with Gasteiger partial charge in [0.25, 0.3) is 0 Å². The maximum atomic E-state index is 9.32. The van der Waals surface area contributed by atoms with Gasteiger partial charge in [0.05, 0.1) is 6.20 Å². The van der Waals surface area contributed by atoms with Crippen molar-refractivity contribution in [3.05, 3.63) is 41.8 Å². The van der Waals surface area contributed by atoms with Gasteiger partial charge in [-0.2, -0.15) is 0 Å². The van der Waals surface area contributed by atoms with E-state index in [0.717, 1.165) is 11.1 Å². The lowest BCUT2D eigenvalue weighted by molar-refractivity contribution is 0.170. The third-order valence-electron chi connectivity index (χ3n) is 2.31. The van der Waals surface area contributed by atoms with E-state index in [0.29, 0.717) is 11.7 Å². The molecule has 1 aromatic carbocycles. The molecule has 1 atom stereocenters. The molecule has 1 unspecified atom stereocenters. The van der Waals surface area contributed by atoms with Crippen molar-refractivity contribution in [2.24, 2.45) is 0 Å². The highest BCUT2D eigenvalue weighted by Gasteiger charge is 2.11. The first kappa shape index (κ1) is 9.93. The number of aliphatic hydroxyl groups is 1. The minimum Gasteiger partial charge on any atom is -0.438 e. The second-order valence-corrected chi connectivity index (χ2v) is 3.56. The van der Waals surface area contributed by atoms with Crippen LogP contribution >= 0.6 is 0 Å². The standard InChI is InChI=1S/C12H13NO2/c1-8-5-3-4-6-10(8)12-13-7-11(15-12)9(2)14/h3-7,9,14H,1-2H3. The second kappa shape index (κ2) is 3.87. The van der Waals surface area contributed by atoms with Gasteiger partial charge in [-0.1, -0.05) is 18.2 Å². The Bertz CT molecular complexity index is 460. The Morgan fingerprint density at radius 2 is 2.07 bits per heavy atom. The molecular weight excluding hydrogens is 190 g/mol. The number of aryl methyl sites for hydroxylation is 1. The Labute approximate surface area is 88.4 Å². The largest absolute Gasteiger partial charge is 0.438 e. The molecule has 1 aromatic heterocycles. The molecule has 3 heteroatoms. The van der Waals surface area contributed by atoms with Crippen molar-refractivity contribution >= 4 is 0 Å². The first-order chi connectivity index (χ1) is 7.18. The fourth-order valence-electron chi connectivity index (χ4n) is 1.42. The Morgan fingerprint density at radius 1 is 1.33 bits per heavy atom. The lowest BCUT2D eigenvalue weighted by Gasteiger charge is -2.00. The topological polar surface area (TPSA) is 46.3 Å². The van der Waals surface area contributed by atoms with Crippen LogP contribution in [0.25, 0.3) is 11.5 Å². The van der Waals surface area contributed by atoms with Crippen LogP contribution in [0.1, 0.15) is 24.4 Å². The summed E-state index contributed by atoms with van der Waals surface area (Å²) < 4.78 is 5.45. The molecule has 3 nitrogen and oxygen atoms in total. The van der Waals surface area contributed by atoms with Crippen LogP contribution in [0.5, 0.6) is 0 Å². The van der Waals surface area contributed by atoms with Crippen LogP contribution in [-0.4, -0.2) is 10.1 Å². The van der Waals surface area contributed by atoms with E-state index in [-0.39, 0.29) is 0 Å². The van der Waals surface area contributed by atoms with E-state index in [1.165, 1.54) is 0 Å². The van der Waals surface area contributed by atoms with Gasteiger partial charge in [-0.15, -0.1) is 0 Å². The molecule has 0 bridgehead atoms. The van der Waals surface area contributed by atoms with Crippen LogP contribution in [-0.2, 0) is 0 Å². The molecule has 0 saturated carbocycles. The molecule has 0 fully saturated rings. The second-order valence-electron chi connectivity index (χ2n) is 3.56. The van der Waals surface area contributed by atoms with E-state index in [9.17, 15) is 5.11 Å². The molecule has 0 aliphatic carbocycles. The summed E-state index contributed by atoms with van der Waals surface area (Å²) in [4.78, 5) is 4.14. The highest BCUT2D eigenvalue weighted by Crippen LogP contribution is 2.24. The highest BCUT2D eigenvalue weighted by molar-refractivity contribution is 5.57. The maximum Gasteiger partial charge on any atom is 0.226 e. The zero-order valence-electron chi connectivity index (χ0n) is 8.77. The van der Waals surface area contributed by atoms with Crippen LogP contribution in [0, 0.1) is 6.92 Å². The van der Waals surface area contributed by atoms with Crippen molar-refractivity contribution in [3.63, 3.8) is 0 Å². The molecule has 0 amide bonds. The maximum absolute atomic E-state index is 9.32. The van der Waals surface area contributed by atoms with Crippen LogP contribution in [0.4, 0.5) is 0 Å². The fourth-order valence-corrected chi connectivity index (χ4v) is 1.42. The van der Waals surface area contributed by atoms with Crippen LogP contribution in [0.3, 0.4) is 0 Å².